The molecule has 1 aliphatic rings. The van der Waals surface area contributed by atoms with Crippen molar-refractivity contribution in [3.05, 3.63) is 12.4 Å². The Hall–Kier alpha value is -1.36. The van der Waals surface area contributed by atoms with Gasteiger partial charge in [0.25, 0.3) is 0 Å². The molecule has 14 heavy (non-hydrogen) atoms. The summed E-state index contributed by atoms with van der Waals surface area (Å²) < 4.78 is 10.2. The summed E-state index contributed by atoms with van der Waals surface area (Å²) in [5, 5.41) is 0. The minimum atomic E-state index is 0.682. The zero-order valence-corrected chi connectivity index (χ0v) is 8.14. The highest BCUT2D eigenvalue weighted by molar-refractivity contribution is 5.31. The number of rotatable bonds is 2. The van der Waals surface area contributed by atoms with Crippen molar-refractivity contribution in [1.82, 2.24) is 9.97 Å². The first-order chi connectivity index (χ1) is 6.90. The second-order valence-electron chi connectivity index (χ2n) is 3.02. The number of anilines is 1. The minimum Gasteiger partial charge on any atom is -0.494 e. The van der Waals surface area contributed by atoms with E-state index < -0.39 is 0 Å². The minimum absolute atomic E-state index is 0.682. The zero-order valence-electron chi connectivity index (χ0n) is 8.14. The van der Waals surface area contributed by atoms with E-state index in [0.717, 1.165) is 32.3 Å². The molecule has 5 nitrogen and oxygen atoms in total. The van der Waals surface area contributed by atoms with Gasteiger partial charge in [-0.3, -0.25) is 0 Å². The average Bonchev–Trinajstić information content (AvgIpc) is 2.30. The van der Waals surface area contributed by atoms with E-state index in [4.69, 9.17) is 9.47 Å². The zero-order chi connectivity index (χ0) is 9.80. The second kappa shape index (κ2) is 4.23. The molecule has 0 atom stereocenters. The molecule has 0 unspecified atom stereocenters. The predicted octanol–water partition coefficient (Wildman–Crippen LogP) is 0.322. The van der Waals surface area contributed by atoms with Crippen molar-refractivity contribution in [1.29, 1.82) is 0 Å². The maximum atomic E-state index is 5.24. The Balaban J connectivity index is 2.07. The van der Waals surface area contributed by atoms with Gasteiger partial charge in [-0.2, -0.15) is 0 Å². The van der Waals surface area contributed by atoms with Gasteiger partial charge in [-0.25, -0.2) is 9.97 Å². The molecule has 1 fully saturated rings. The van der Waals surface area contributed by atoms with Crippen LogP contribution >= 0.6 is 0 Å². The van der Waals surface area contributed by atoms with Crippen molar-refractivity contribution in [2.45, 2.75) is 0 Å². The number of hydrogen-bond acceptors (Lipinski definition) is 5. The third kappa shape index (κ3) is 1.93. The van der Waals surface area contributed by atoms with E-state index >= 15 is 0 Å². The van der Waals surface area contributed by atoms with E-state index in [0.29, 0.717) is 5.75 Å². The van der Waals surface area contributed by atoms with E-state index in [-0.39, 0.29) is 0 Å². The Bertz CT molecular complexity index is 283. The van der Waals surface area contributed by atoms with E-state index in [2.05, 4.69) is 14.9 Å². The van der Waals surface area contributed by atoms with Gasteiger partial charge in [-0.15, -0.1) is 0 Å². The summed E-state index contributed by atoms with van der Waals surface area (Å²) in [4.78, 5) is 10.5. The van der Waals surface area contributed by atoms with Gasteiger partial charge in [0.1, 0.15) is 0 Å². The number of morpholine rings is 1. The predicted molar refractivity (Wildman–Crippen MR) is 51.6 cm³/mol. The molecule has 0 aliphatic carbocycles. The molecule has 1 aromatic heterocycles. The van der Waals surface area contributed by atoms with Crippen LogP contribution < -0.4 is 9.64 Å². The van der Waals surface area contributed by atoms with Gasteiger partial charge in [0.2, 0.25) is 5.95 Å². The molecule has 2 rings (SSSR count). The third-order valence-electron chi connectivity index (χ3n) is 2.14. The van der Waals surface area contributed by atoms with Crippen LogP contribution in [-0.2, 0) is 4.74 Å². The summed E-state index contributed by atoms with van der Waals surface area (Å²) in [6, 6.07) is 0. The monoisotopic (exact) mass is 195 g/mol. The summed E-state index contributed by atoms with van der Waals surface area (Å²) >= 11 is 0. The molecule has 2 heterocycles. The largest absolute Gasteiger partial charge is 0.494 e. The van der Waals surface area contributed by atoms with Gasteiger partial charge in [0.05, 0.1) is 32.7 Å². The number of hydrogen-bond donors (Lipinski definition) is 0. The van der Waals surface area contributed by atoms with Crippen LogP contribution in [0.1, 0.15) is 0 Å². The van der Waals surface area contributed by atoms with Crippen molar-refractivity contribution in [2.75, 3.05) is 38.3 Å². The highest BCUT2D eigenvalue weighted by atomic mass is 16.5. The lowest BCUT2D eigenvalue weighted by molar-refractivity contribution is 0.122. The molecule has 1 aliphatic heterocycles. The quantitative estimate of drug-likeness (QED) is 0.680. The van der Waals surface area contributed by atoms with Gasteiger partial charge < -0.3 is 14.4 Å². The first-order valence-corrected chi connectivity index (χ1v) is 4.59. The van der Waals surface area contributed by atoms with Crippen LogP contribution in [0.3, 0.4) is 0 Å². The van der Waals surface area contributed by atoms with Crippen molar-refractivity contribution in [3.8, 4) is 5.75 Å². The molecule has 0 bridgehead atoms. The van der Waals surface area contributed by atoms with Crippen LogP contribution in [0.4, 0.5) is 5.95 Å². The molecule has 0 saturated carbocycles. The second-order valence-corrected chi connectivity index (χ2v) is 3.02. The topological polar surface area (TPSA) is 47.5 Å². The lowest BCUT2D eigenvalue weighted by Crippen LogP contribution is -2.37. The Morgan fingerprint density at radius 2 is 1.93 bits per heavy atom. The first-order valence-electron chi connectivity index (χ1n) is 4.59. The molecule has 76 valence electrons. The molecular weight excluding hydrogens is 182 g/mol. The summed E-state index contributed by atoms with van der Waals surface area (Å²) in [5.74, 6) is 1.43. The maximum absolute atomic E-state index is 5.24. The molecule has 0 N–H and O–H groups in total. The van der Waals surface area contributed by atoms with Crippen LogP contribution in [0.15, 0.2) is 12.4 Å². The normalized spacial score (nSPS) is 16.8. The van der Waals surface area contributed by atoms with Crippen molar-refractivity contribution in [3.63, 3.8) is 0 Å². The van der Waals surface area contributed by atoms with Crippen LogP contribution in [0.2, 0.25) is 0 Å². The molecule has 0 aromatic carbocycles. The lowest BCUT2D eigenvalue weighted by atomic mass is 10.4. The Kier molecular flexibility index (Phi) is 2.78. The number of aromatic nitrogens is 2. The summed E-state index contributed by atoms with van der Waals surface area (Å²) in [6.45, 7) is 3.20. The fourth-order valence-electron chi connectivity index (χ4n) is 1.34. The molecule has 5 heteroatoms. The smallest absolute Gasteiger partial charge is 0.225 e. The fraction of sp³-hybridized carbons (Fsp3) is 0.556. The molecule has 0 radical (unpaired) electrons. The molecule has 0 amide bonds. The number of methoxy groups -OCH3 is 1. The molecule has 1 saturated heterocycles. The highest BCUT2D eigenvalue weighted by Crippen LogP contribution is 2.12. The van der Waals surface area contributed by atoms with Gasteiger partial charge >= 0.3 is 0 Å². The Labute approximate surface area is 82.7 Å². The van der Waals surface area contributed by atoms with Crippen LogP contribution in [0.5, 0.6) is 5.75 Å². The van der Waals surface area contributed by atoms with Crippen LogP contribution in [0, 0.1) is 0 Å². The average molecular weight is 195 g/mol. The number of nitrogens with zero attached hydrogens (tertiary/aromatic N) is 3. The van der Waals surface area contributed by atoms with E-state index in [1.165, 1.54) is 0 Å². The van der Waals surface area contributed by atoms with Gasteiger partial charge in [-0.1, -0.05) is 0 Å². The van der Waals surface area contributed by atoms with Gasteiger partial charge in [-0.05, 0) is 0 Å². The third-order valence-corrected chi connectivity index (χ3v) is 2.14. The Morgan fingerprint density at radius 1 is 1.29 bits per heavy atom. The Morgan fingerprint density at radius 3 is 2.50 bits per heavy atom. The van der Waals surface area contributed by atoms with Crippen molar-refractivity contribution >= 4 is 5.95 Å². The van der Waals surface area contributed by atoms with Crippen LogP contribution in [-0.4, -0.2) is 43.4 Å². The standard InChI is InChI=1S/C9H13N3O2/c1-13-8-6-10-9(11-7-8)12-2-4-14-5-3-12/h6-7H,2-5H2,1H3. The van der Waals surface area contributed by atoms with Gasteiger partial charge in [0, 0.05) is 13.1 Å². The van der Waals surface area contributed by atoms with E-state index in [1.54, 1.807) is 19.5 Å². The summed E-state index contributed by atoms with van der Waals surface area (Å²) in [5.41, 5.74) is 0. The highest BCUT2D eigenvalue weighted by Gasteiger charge is 2.12. The summed E-state index contributed by atoms with van der Waals surface area (Å²) in [7, 11) is 1.60. The van der Waals surface area contributed by atoms with Crippen LogP contribution in [0.25, 0.3) is 0 Å². The fourth-order valence-corrected chi connectivity index (χ4v) is 1.34. The lowest BCUT2D eigenvalue weighted by Gasteiger charge is -2.26. The first kappa shape index (κ1) is 9.21. The van der Waals surface area contributed by atoms with Gasteiger partial charge in [0.15, 0.2) is 5.75 Å². The maximum Gasteiger partial charge on any atom is 0.225 e. The SMILES string of the molecule is COc1cnc(N2CCOCC2)nc1. The van der Waals surface area contributed by atoms with Crippen molar-refractivity contribution in [2.24, 2.45) is 0 Å². The number of ether oxygens (including phenoxy) is 2. The molecular formula is C9H13N3O2. The van der Waals surface area contributed by atoms with E-state index in [9.17, 15) is 0 Å². The van der Waals surface area contributed by atoms with E-state index in [1.807, 2.05) is 0 Å². The summed E-state index contributed by atoms with van der Waals surface area (Å²) in [6.07, 6.45) is 3.36. The molecule has 1 aromatic rings. The van der Waals surface area contributed by atoms with Crippen molar-refractivity contribution < 1.29 is 9.47 Å². The molecule has 0 spiro atoms.